The lowest BCUT2D eigenvalue weighted by Gasteiger charge is -1.98. The van der Waals surface area contributed by atoms with Crippen LogP contribution < -0.4 is 0 Å². The van der Waals surface area contributed by atoms with Gasteiger partial charge in [0.15, 0.2) is 0 Å². The lowest BCUT2D eigenvalue weighted by molar-refractivity contribution is -0.106. The molecule has 1 aromatic carbocycles. The first-order valence-electron chi connectivity index (χ1n) is 4.79. The third-order valence-electron chi connectivity index (χ3n) is 2.52. The Morgan fingerprint density at radius 2 is 2.07 bits per heavy atom. The number of benzene rings is 1. The third-order valence-corrected chi connectivity index (χ3v) is 2.52. The van der Waals surface area contributed by atoms with Crippen LogP contribution in [0.2, 0.25) is 0 Å². The lowest BCUT2D eigenvalue weighted by atomic mass is 10.0. The maximum absolute atomic E-state index is 11.6. The van der Waals surface area contributed by atoms with Crippen molar-refractivity contribution in [2.45, 2.75) is 0 Å². The third kappa shape index (κ3) is 1.16. The van der Waals surface area contributed by atoms with Crippen molar-refractivity contribution in [3.8, 4) is 0 Å². The van der Waals surface area contributed by atoms with Crippen LogP contribution in [0.15, 0.2) is 40.3 Å². The van der Waals surface area contributed by atoms with E-state index < -0.39 is 0 Å². The zero-order valence-electron chi connectivity index (χ0n) is 7.97. The summed E-state index contributed by atoms with van der Waals surface area (Å²) in [4.78, 5) is 19.9. The second-order valence-electron chi connectivity index (χ2n) is 3.45. The van der Waals surface area contributed by atoms with Crippen molar-refractivity contribution in [1.82, 2.24) is 0 Å². The van der Waals surface area contributed by atoms with Crippen LogP contribution in [0, 0.1) is 0 Å². The molecule has 0 aliphatic carbocycles. The molecule has 0 radical (unpaired) electrons. The number of hydrogen-bond donors (Lipinski definition) is 0. The van der Waals surface area contributed by atoms with E-state index in [1.807, 2.05) is 30.3 Å². The fourth-order valence-corrected chi connectivity index (χ4v) is 1.84. The fourth-order valence-electron chi connectivity index (χ4n) is 1.84. The summed E-state index contributed by atoms with van der Waals surface area (Å²) in [5.41, 5.74) is 3.36. The molecule has 0 saturated carbocycles. The zero-order valence-corrected chi connectivity index (χ0v) is 7.97. The van der Waals surface area contributed by atoms with Crippen LogP contribution in [0.4, 0.5) is 5.69 Å². The first kappa shape index (κ1) is 8.29. The molecule has 0 aromatic heterocycles. The quantitative estimate of drug-likeness (QED) is 0.624. The summed E-state index contributed by atoms with van der Waals surface area (Å²) >= 11 is 0. The maximum atomic E-state index is 11.6. The number of carbonyl (C=O) groups is 1. The summed E-state index contributed by atoms with van der Waals surface area (Å²) < 4.78 is 0. The van der Waals surface area contributed by atoms with Crippen LogP contribution in [0.1, 0.15) is 5.56 Å². The van der Waals surface area contributed by atoms with Gasteiger partial charge in [-0.1, -0.05) is 24.3 Å². The Morgan fingerprint density at radius 1 is 1.20 bits per heavy atom. The minimum atomic E-state index is -0.102. The van der Waals surface area contributed by atoms with Crippen molar-refractivity contribution in [2.24, 2.45) is 9.98 Å². The minimum absolute atomic E-state index is 0.102. The number of rotatable bonds is 0. The molecular formula is C12H8N2O. The Hall–Kier alpha value is -2.03. The molecule has 0 saturated heterocycles. The van der Waals surface area contributed by atoms with Crippen molar-refractivity contribution in [2.75, 3.05) is 6.54 Å². The summed E-state index contributed by atoms with van der Waals surface area (Å²) in [6.45, 7) is 0.550. The summed E-state index contributed by atoms with van der Waals surface area (Å²) in [5.74, 6) is -0.102. The summed E-state index contributed by atoms with van der Waals surface area (Å²) in [6, 6.07) is 7.78. The van der Waals surface area contributed by atoms with Crippen LogP contribution in [0.5, 0.6) is 0 Å². The second kappa shape index (κ2) is 2.98. The smallest absolute Gasteiger partial charge is 0.222 e. The molecule has 3 rings (SSSR count). The van der Waals surface area contributed by atoms with Crippen LogP contribution >= 0.6 is 0 Å². The zero-order chi connectivity index (χ0) is 10.3. The van der Waals surface area contributed by atoms with Crippen molar-refractivity contribution in [3.63, 3.8) is 0 Å². The topological polar surface area (TPSA) is 41.8 Å². The molecule has 72 valence electrons. The SMILES string of the molecule is O=C1C=NCC=C2C1=Nc1ccccc12. The number of aliphatic imine (C=N–C) groups is 2. The highest BCUT2D eigenvalue weighted by Crippen LogP contribution is 2.34. The fraction of sp³-hybridized carbons (Fsp3) is 0.0833. The Kier molecular flexibility index (Phi) is 1.65. The van der Waals surface area contributed by atoms with E-state index in [0.29, 0.717) is 12.3 Å². The number of Topliss-reactive ketones (excluding diaryl/α,β-unsaturated/α-hetero) is 1. The Labute approximate surface area is 86.9 Å². The monoisotopic (exact) mass is 196 g/mol. The highest BCUT2D eigenvalue weighted by Gasteiger charge is 2.25. The maximum Gasteiger partial charge on any atom is 0.222 e. The van der Waals surface area contributed by atoms with Crippen molar-refractivity contribution >= 4 is 29.0 Å². The lowest BCUT2D eigenvalue weighted by Crippen LogP contribution is -2.12. The molecule has 0 fully saturated rings. The number of fused-ring (bicyclic) bond motifs is 3. The normalized spacial score (nSPS) is 17.7. The molecule has 0 bridgehead atoms. The standard InChI is InChI=1S/C12H8N2O/c15-11-7-13-6-5-9-8-3-1-2-4-10(8)14-12(9)11/h1-5,7H,6H2. The Bertz CT molecular complexity index is 538. The van der Waals surface area contributed by atoms with E-state index in [9.17, 15) is 4.79 Å². The molecule has 2 heterocycles. The molecule has 3 nitrogen and oxygen atoms in total. The van der Waals surface area contributed by atoms with E-state index in [-0.39, 0.29) is 5.78 Å². The second-order valence-corrected chi connectivity index (χ2v) is 3.45. The highest BCUT2D eigenvalue weighted by molar-refractivity contribution is 6.71. The Morgan fingerprint density at radius 3 is 3.00 bits per heavy atom. The molecule has 0 spiro atoms. The number of allylic oxidation sites excluding steroid dienone is 1. The van der Waals surface area contributed by atoms with Crippen LogP contribution in [-0.2, 0) is 4.79 Å². The Balaban J connectivity index is 2.23. The number of carbonyl (C=O) groups excluding carboxylic acids is 1. The predicted octanol–water partition coefficient (Wildman–Crippen LogP) is 1.81. The molecular weight excluding hydrogens is 188 g/mol. The van der Waals surface area contributed by atoms with Crippen molar-refractivity contribution < 1.29 is 4.79 Å². The van der Waals surface area contributed by atoms with Gasteiger partial charge in [-0.05, 0) is 6.07 Å². The van der Waals surface area contributed by atoms with Gasteiger partial charge in [0.05, 0.1) is 18.4 Å². The first-order valence-corrected chi connectivity index (χ1v) is 4.79. The van der Waals surface area contributed by atoms with Gasteiger partial charge in [-0.25, -0.2) is 4.99 Å². The summed E-state index contributed by atoms with van der Waals surface area (Å²) in [5, 5.41) is 0. The molecule has 2 aliphatic rings. The molecule has 0 unspecified atom stereocenters. The van der Waals surface area contributed by atoms with Gasteiger partial charge in [-0.3, -0.25) is 9.79 Å². The van der Waals surface area contributed by atoms with Gasteiger partial charge in [0, 0.05) is 11.1 Å². The minimum Gasteiger partial charge on any atom is -0.286 e. The van der Waals surface area contributed by atoms with Gasteiger partial charge >= 0.3 is 0 Å². The molecule has 15 heavy (non-hydrogen) atoms. The molecule has 0 N–H and O–H groups in total. The highest BCUT2D eigenvalue weighted by atomic mass is 16.1. The van der Waals surface area contributed by atoms with Gasteiger partial charge in [0.25, 0.3) is 0 Å². The van der Waals surface area contributed by atoms with Crippen molar-refractivity contribution in [3.05, 3.63) is 35.9 Å². The van der Waals surface area contributed by atoms with Crippen molar-refractivity contribution in [1.29, 1.82) is 0 Å². The number of ketones is 1. The summed E-state index contributed by atoms with van der Waals surface area (Å²) in [6.07, 6.45) is 3.31. The molecule has 3 heteroatoms. The van der Waals surface area contributed by atoms with E-state index in [1.54, 1.807) is 0 Å². The predicted molar refractivity (Wildman–Crippen MR) is 59.9 cm³/mol. The molecule has 2 aliphatic heterocycles. The van der Waals surface area contributed by atoms with Gasteiger partial charge < -0.3 is 0 Å². The average molecular weight is 196 g/mol. The van der Waals surface area contributed by atoms with Crippen LogP contribution in [0.3, 0.4) is 0 Å². The van der Waals surface area contributed by atoms with Gasteiger partial charge in [0.2, 0.25) is 5.78 Å². The average Bonchev–Trinajstić information content (AvgIpc) is 2.54. The first-order chi connectivity index (χ1) is 7.36. The molecule has 0 atom stereocenters. The van der Waals surface area contributed by atoms with E-state index in [0.717, 1.165) is 16.8 Å². The molecule has 1 aromatic rings. The number of nitrogens with zero attached hydrogens (tertiary/aromatic N) is 2. The van der Waals surface area contributed by atoms with Gasteiger partial charge in [0.1, 0.15) is 5.71 Å². The van der Waals surface area contributed by atoms with Gasteiger partial charge in [-0.2, -0.15) is 0 Å². The van der Waals surface area contributed by atoms with Gasteiger partial charge in [-0.15, -0.1) is 0 Å². The summed E-state index contributed by atoms with van der Waals surface area (Å²) in [7, 11) is 0. The number of para-hydroxylation sites is 1. The molecule has 0 amide bonds. The van der Waals surface area contributed by atoms with E-state index in [4.69, 9.17) is 0 Å². The largest absolute Gasteiger partial charge is 0.286 e. The number of hydrogen-bond acceptors (Lipinski definition) is 3. The van der Waals surface area contributed by atoms with Crippen LogP contribution in [0.25, 0.3) is 5.57 Å². The van der Waals surface area contributed by atoms with Crippen LogP contribution in [-0.4, -0.2) is 24.3 Å². The van der Waals surface area contributed by atoms with E-state index in [1.165, 1.54) is 6.21 Å². The van der Waals surface area contributed by atoms with E-state index >= 15 is 0 Å². The van der Waals surface area contributed by atoms with E-state index in [2.05, 4.69) is 9.98 Å².